The topological polar surface area (TPSA) is 150 Å². The van der Waals surface area contributed by atoms with Crippen LogP contribution in [0.5, 0.6) is 0 Å². The lowest BCUT2D eigenvalue weighted by atomic mass is 10.00. The number of hydrogen-bond acceptors (Lipinski definition) is 5. The van der Waals surface area contributed by atoms with Crippen LogP contribution < -0.4 is 21.9 Å². The first-order valence-corrected chi connectivity index (χ1v) is 13.8. The maximum absolute atomic E-state index is 13.9. The number of H-pyrrole nitrogens is 1. The fourth-order valence-corrected chi connectivity index (χ4v) is 4.89. The van der Waals surface area contributed by atoms with Gasteiger partial charge in [0.1, 0.15) is 18.1 Å². The van der Waals surface area contributed by atoms with Gasteiger partial charge in [-0.15, -0.1) is 0 Å². The number of nitrogens with one attached hydrogen (secondary N) is 3. The molecule has 0 unspecified atom stereocenters. The highest BCUT2D eigenvalue weighted by Crippen LogP contribution is 2.16. The Kier molecular flexibility index (Phi) is 9.69. The summed E-state index contributed by atoms with van der Waals surface area (Å²) in [5.74, 6) is -2.63. The summed E-state index contributed by atoms with van der Waals surface area (Å²) in [5.41, 5.74) is 0.388. The smallest absolute Gasteiger partial charge is 0.329 e. The number of aromatic nitrogens is 2. The van der Waals surface area contributed by atoms with Crippen LogP contribution in [0, 0.1) is 5.92 Å². The minimum atomic E-state index is -1.28. The minimum Gasteiger partial charge on any atom is -0.480 e. The zero-order chi connectivity index (χ0) is 30.2. The maximum atomic E-state index is 13.9. The first kappa shape index (κ1) is 30.0. The van der Waals surface area contributed by atoms with Crippen molar-refractivity contribution in [3.05, 3.63) is 117 Å². The maximum Gasteiger partial charge on any atom is 0.329 e. The molecule has 218 valence electrons. The van der Waals surface area contributed by atoms with Gasteiger partial charge in [-0.25, -0.2) is 14.2 Å². The number of rotatable bonds is 12. The summed E-state index contributed by atoms with van der Waals surface area (Å²) in [7, 11) is 0. The third kappa shape index (κ3) is 7.39. The predicted octanol–water partition coefficient (Wildman–Crippen LogP) is 2.82. The Balaban J connectivity index is 1.66. The standard InChI is InChI=1S/C32H34N4O6/c1-20(2)17-25(28(37)34-26(31(40)41)18-21-11-5-3-6-12-21)33-29(38)27(19-22-13-7-4-8-14-22)36-30(39)23-15-9-10-16-24(23)35-32(36)42/h3-16,20,25-27H,17-19H2,1-2H3,(H,33,38)(H,34,37)(H,35,42)(H,40,41)/t25-,26+,27-/m0/s1. The largest absolute Gasteiger partial charge is 0.480 e. The summed E-state index contributed by atoms with van der Waals surface area (Å²) in [4.78, 5) is 68.6. The van der Waals surface area contributed by atoms with E-state index in [1.54, 1.807) is 72.8 Å². The highest BCUT2D eigenvalue weighted by atomic mass is 16.4. The van der Waals surface area contributed by atoms with E-state index in [0.29, 0.717) is 11.1 Å². The molecule has 4 rings (SSSR count). The van der Waals surface area contributed by atoms with Crippen LogP contribution >= 0.6 is 0 Å². The zero-order valence-electron chi connectivity index (χ0n) is 23.4. The molecule has 10 heteroatoms. The van der Waals surface area contributed by atoms with Crippen molar-refractivity contribution in [1.82, 2.24) is 20.2 Å². The number of carboxylic acid groups (broad SMARTS) is 1. The van der Waals surface area contributed by atoms with Gasteiger partial charge in [0.25, 0.3) is 5.56 Å². The highest BCUT2D eigenvalue weighted by Gasteiger charge is 2.32. The van der Waals surface area contributed by atoms with Crippen LogP contribution in [0.15, 0.2) is 94.5 Å². The lowest BCUT2D eigenvalue weighted by Crippen LogP contribution is -2.55. The SMILES string of the molecule is CC(C)C[C@H](NC(=O)[C@H](Cc1ccccc1)n1c(=O)[nH]c2ccccc2c1=O)C(=O)N[C@H](Cc1ccccc1)C(=O)O. The Morgan fingerprint density at radius 2 is 1.31 bits per heavy atom. The van der Waals surface area contributed by atoms with Crippen molar-refractivity contribution in [1.29, 1.82) is 0 Å². The monoisotopic (exact) mass is 570 g/mol. The second-order valence-corrected chi connectivity index (χ2v) is 10.6. The molecule has 3 aromatic carbocycles. The third-order valence-corrected chi connectivity index (χ3v) is 6.96. The zero-order valence-corrected chi connectivity index (χ0v) is 23.4. The van der Waals surface area contributed by atoms with Crippen molar-refractivity contribution >= 4 is 28.7 Å². The van der Waals surface area contributed by atoms with Gasteiger partial charge in [-0.05, 0) is 35.6 Å². The quantitative estimate of drug-likeness (QED) is 0.206. The summed E-state index contributed by atoms with van der Waals surface area (Å²) >= 11 is 0. The van der Waals surface area contributed by atoms with Gasteiger partial charge in [0.05, 0.1) is 10.9 Å². The van der Waals surface area contributed by atoms with E-state index in [-0.39, 0.29) is 30.6 Å². The van der Waals surface area contributed by atoms with Crippen LogP contribution in [0.3, 0.4) is 0 Å². The van der Waals surface area contributed by atoms with Crippen molar-refractivity contribution in [2.45, 2.75) is 51.2 Å². The van der Waals surface area contributed by atoms with Gasteiger partial charge in [0.2, 0.25) is 11.8 Å². The molecule has 10 nitrogen and oxygen atoms in total. The molecule has 3 atom stereocenters. The number of carboxylic acids is 1. The van der Waals surface area contributed by atoms with Crippen LogP contribution in [0.4, 0.5) is 0 Å². The van der Waals surface area contributed by atoms with E-state index < -0.39 is 47.2 Å². The third-order valence-electron chi connectivity index (χ3n) is 6.96. The number of aromatic amines is 1. The van der Waals surface area contributed by atoms with Gasteiger partial charge >= 0.3 is 11.7 Å². The van der Waals surface area contributed by atoms with Gasteiger partial charge in [0, 0.05) is 12.8 Å². The van der Waals surface area contributed by atoms with Gasteiger partial charge in [-0.2, -0.15) is 0 Å². The van der Waals surface area contributed by atoms with Gasteiger partial charge in [-0.1, -0.05) is 86.6 Å². The molecule has 42 heavy (non-hydrogen) atoms. The molecule has 0 aliphatic carbocycles. The van der Waals surface area contributed by atoms with Crippen LogP contribution in [0.1, 0.15) is 37.4 Å². The molecule has 0 aliphatic heterocycles. The minimum absolute atomic E-state index is 0.00970. The number of amides is 2. The average molecular weight is 571 g/mol. The van der Waals surface area contributed by atoms with Gasteiger partial charge < -0.3 is 20.7 Å². The Bertz CT molecular complexity index is 1660. The molecule has 4 aromatic rings. The number of nitrogens with zero attached hydrogens (tertiary/aromatic N) is 1. The summed E-state index contributed by atoms with van der Waals surface area (Å²) in [5, 5.41) is 15.3. The molecule has 0 spiro atoms. The lowest BCUT2D eigenvalue weighted by Gasteiger charge is -2.26. The highest BCUT2D eigenvalue weighted by molar-refractivity contribution is 5.91. The van der Waals surface area contributed by atoms with Crippen molar-refractivity contribution in [2.24, 2.45) is 5.92 Å². The molecule has 0 radical (unpaired) electrons. The number of benzene rings is 3. The van der Waals surface area contributed by atoms with E-state index in [0.717, 1.165) is 10.1 Å². The molecular weight excluding hydrogens is 536 g/mol. The van der Waals surface area contributed by atoms with E-state index in [1.165, 1.54) is 0 Å². The summed E-state index contributed by atoms with van der Waals surface area (Å²) in [6.07, 6.45) is 0.273. The van der Waals surface area contributed by atoms with E-state index in [2.05, 4.69) is 15.6 Å². The second kappa shape index (κ2) is 13.6. The van der Waals surface area contributed by atoms with E-state index in [9.17, 15) is 29.1 Å². The molecule has 2 amide bonds. The molecular formula is C32H34N4O6. The molecule has 4 N–H and O–H groups in total. The van der Waals surface area contributed by atoms with Crippen LogP contribution in [-0.2, 0) is 27.2 Å². The van der Waals surface area contributed by atoms with E-state index in [4.69, 9.17) is 0 Å². The van der Waals surface area contributed by atoms with Crippen molar-refractivity contribution in [3.8, 4) is 0 Å². The second-order valence-electron chi connectivity index (χ2n) is 10.6. The Morgan fingerprint density at radius 3 is 1.90 bits per heavy atom. The first-order chi connectivity index (χ1) is 20.1. The molecule has 0 saturated heterocycles. The predicted molar refractivity (Wildman–Crippen MR) is 159 cm³/mol. The van der Waals surface area contributed by atoms with E-state index >= 15 is 0 Å². The van der Waals surface area contributed by atoms with Gasteiger partial charge in [0.15, 0.2) is 0 Å². The Labute approximate surface area is 242 Å². The Hall–Kier alpha value is -4.99. The number of carbonyl (C=O) groups is 3. The summed E-state index contributed by atoms with van der Waals surface area (Å²) in [6.45, 7) is 3.73. The number of fused-ring (bicyclic) bond motifs is 1. The number of hydrogen-bond donors (Lipinski definition) is 4. The number of carbonyl (C=O) groups excluding carboxylic acids is 2. The normalized spacial score (nSPS) is 13.3. The van der Waals surface area contributed by atoms with Crippen LogP contribution in [-0.4, -0.2) is 44.5 Å². The molecule has 1 aromatic heterocycles. The van der Waals surface area contributed by atoms with Gasteiger partial charge in [-0.3, -0.25) is 14.4 Å². The molecule has 0 aliphatic rings. The average Bonchev–Trinajstić information content (AvgIpc) is 2.96. The summed E-state index contributed by atoms with van der Waals surface area (Å²) < 4.78 is 0.879. The van der Waals surface area contributed by atoms with Crippen LogP contribution in [0.25, 0.3) is 10.9 Å². The lowest BCUT2D eigenvalue weighted by molar-refractivity contribution is -0.142. The first-order valence-electron chi connectivity index (χ1n) is 13.8. The van der Waals surface area contributed by atoms with Crippen LogP contribution in [0.2, 0.25) is 0 Å². The number of para-hydroxylation sites is 1. The Morgan fingerprint density at radius 1 is 0.762 bits per heavy atom. The number of aliphatic carboxylic acids is 1. The molecule has 0 fully saturated rings. The fourth-order valence-electron chi connectivity index (χ4n) is 4.89. The summed E-state index contributed by atoms with van der Waals surface area (Å²) in [6, 6.07) is 20.7. The van der Waals surface area contributed by atoms with Crippen molar-refractivity contribution in [3.63, 3.8) is 0 Å². The fraction of sp³-hybridized carbons (Fsp3) is 0.281. The molecule has 0 bridgehead atoms. The van der Waals surface area contributed by atoms with Crippen molar-refractivity contribution in [2.75, 3.05) is 0 Å². The molecule has 0 saturated carbocycles. The molecule has 1 heterocycles. The van der Waals surface area contributed by atoms with Crippen molar-refractivity contribution < 1.29 is 19.5 Å². The van der Waals surface area contributed by atoms with E-state index in [1.807, 2.05) is 26.0 Å².